The Morgan fingerprint density at radius 3 is 1.20 bits per heavy atom. The molecule has 3 N–H and O–H groups in total. The van der Waals surface area contributed by atoms with Crippen molar-refractivity contribution in [1.29, 1.82) is 0 Å². The molecule has 1 saturated heterocycles. The van der Waals surface area contributed by atoms with E-state index in [1.807, 2.05) is 6.08 Å². The molecule has 478 valence electrons. The van der Waals surface area contributed by atoms with E-state index in [1.165, 1.54) is 148 Å². The maximum absolute atomic E-state index is 13.2. The lowest BCUT2D eigenvalue weighted by molar-refractivity contribution is -0.301. The Morgan fingerprint density at radius 2 is 0.771 bits per heavy atom. The SMILES string of the molecule is CC/C=C\C/C=C\C/C=C\C/C=C\C/C=C\CCCC(=O)OCC(COC1OC(C(=O)O)C(O)C(O)C1OC(=O)CCCCCCCCCCCCCCCCCCCCC)OC(=O)CCCCCCCCC/C=C\CCCCCCCC. The Morgan fingerprint density at radius 1 is 0.410 bits per heavy atom. The summed E-state index contributed by atoms with van der Waals surface area (Å²) in [5, 5.41) is 31.6. The fraction of sp³-hybridized carbons (Fsp3) is 0.775. The van der Waals surface area contributed by atoms with Gasteiger partial charge in [-0.25, -0.2) is 4.79 Å². The van der Waals surface area contributed by atoms with Gasteiger partial charge in [-0.3, -0.25) is 14.4 Å². The molecule has 0 aromatic carbocycles. The van der Waals surface area contributed by atoms with E-state index in [1.54, 1.807) is 0 Å². The molecule has 12 nitrogen and oxygen atoms in total. The molecule has 0 aromatic heterocycles. The third kappa shape index (κ3) is 48.0. The van der Waals surface area contributed by atoms with Crippen molar-refractivity contribution in [2.75, 3.05) is 13.2 Å². The van der Waals surface area contributed by atoms with Gasteiger partial charge in [0, 0.05) is 19.3 Å². The average molecular weight is 1170 g/mol. The van der Waals surface area contributed by atoms with Crippen LogP contribution in [0.5, 0.6) is 0 Å². The lowest BCUT2D eigenvalue weighted by Gasteiger charge is -2.40. The number of aliphatic carboxylic acids is 1. The minimum absolute atomic E-state index is 0.0571. The van der Waals surface area contributed by atoms with Crippen molar-refractivity contribution in [2.45, 2.75) is 340 Å². The van der Waals surface area contributed by atoms with Crippen LogP contribution in [0.15, 0.2) is 72.9 Å². The molecule has 1 fully saturated rings. The van der Waals surface area contributed by atoms with E-state index in [0.29, 0.717) is 25.7 Å². The molecule has 0 spiro atoms. The maximum Gasteiger partial charge on any atom is 0.335 e. The van der Waals surface area contributed by atoms with Gasteiger partial charge in [0.05, 0.1) is 6.61 Å². The van der Waals surface area contributed by atoms with Gasteiger partial charge in [-0.15, -0.1) is 0 Å². The summed E-state index contributed by atoms with van der Waals surface area (Å²) in [6.45, 7) is 5.87. The van der Waals surface area contributed by atoms with Crippen molar-refractivity contribution < 1.29 is 58.2 Å². The number of carbonyl (C=O) groups is 4. The average Bonchev–Trinajstić information content (AvgIpc) is 3.58. The summed E-state index contributed by atoms with van der Waals surface area (Å²) in [6, 6.07) is 0. The molecule has 1 aliphatic rings. The van der Waals surface area contributed by atoms with Crippen LogP contribution in [0, 0.1) is 0 Å². The Labute approximate surface area is 506 Å². The van der Waals surface area contributed by atoms with Crippen molar-refractivity contribution in [2.24, 2.45) is 0 Å². The molecule has 83 heavy (non-hydrogen) atoms. The highest BCUT2D eigenvalue weighted by atomic mass is 16.7. The van der Waals surface area contributed by atoms with Gasteiger partial charge in [-0.05, 0) is 83.5 Å². The third-order valence-electron chi connectivity index (χ3n) is 15.3. The summed E-state index contributed by atoms with van der Waals surface area (Å²) in [5.41, 5.74) is 0. The lowest BCUT2D eigenvalue weighted by atomic mass is 9.98. The Bertz CT molecular complexity index is 1720. The first kappa shape index (κ1) is 77.2. The monoisotopic (exact) mass is 1170 g/mol. The van der Waals surface area contributed by atoms with Gasteiger partial charge in [0.2, 0.25) is 0 Å². The second-order valence-corrected chi connectivity index (χ2v) is 23.1. The largest absolute Gasteiger partial charge is 0.479 e. The fourth-order valence-electron chi connectivity index (χ4n) is 10.1. The molecule has 1 heterocycles. The van der Waals surface area contributed by atoms with Crippen LogP contribution in [-0.2, 0) is 42.9 Å². The smallest absolute Gasteiger partial charge is 0.335 e. The number of carboxylic acid groups (broad SMARTS) is 1. The minimum Gasteiger partial charge on any atom is -0.479 e. The highest BCUT2D eigenvalue weighted by molar-refractivity contribution is 5.74. The Hall–Kier alpha value is -3.84. The van der Waals surface area contributed by atoms with E-state index in [4.69, 9.17) is 23.7 Å². The number of ether oxygens (including phenoxy) is 5. The highest BCUT2D eigenvalue weighted by Gasteiger charge is 2.50. The number of aliphatic hydroxyl groups excluding tert-OH is 2. The fourth-order valence-corrected chi connectivity index (χ4v) is 10.1. The molecule has 1 aliphatic heterocycles. The zero-order valence-electron chi connectivity index (χ0n) is 52.9. The summed E-state index contributed by atoms with van der Waals surface area (Å²) in [4.78, 5) is 51.4. The van der Waals surface area contributed by atoms with Crippen molar-refractivity contribution in [1.82, 2.24) is 0 Å². The van der Waals surface area contributed by atoms with Crippen molar-refractivity contribution in [3.05, 3.63) is 72.9 Å². The van der Waals surface area contributed by atoms with E-state index in [0.717, 1.165) is 89.9 Å². The summed E-state index contributed by atoms with van der Waals surface area (Å²) < 4.78 is 28.5. The van der Waals surface area contributed by atoms with Crippen LogP contribution in [0.4, 0.5) is 0 Å². The summed E-state index contributed by atoms with van der Waals surface area (Å²) in [5.74, 6) is -3.18. The number of aliphatic hydroxyl groups is 2. The summed E-state index contributed by atoms with van der Waals surface area (Å²) in [6.07, 6.45) is 62.9. The summed E-state index contributed by atoms with van der Waals surface area (Å²) in [7, 11) is 0. The van der Waals surface area contributed by atoms with Crippen LogP contribution >= 0.6 is 0 Å². The van der Waals surface area contributed by atoms with E-state index in [9.17, 15) is 34.5 Å². The van der Waals surface area contributed by atoms with Gasteiger partial charge < -0.3 is 39.0 Å². The van der Waals surface area contributed by atoms with Gasteiger partial charge in [-0.1, -0.05) is 273 Å². The number of hydrogen-bond donors (Lipinski definition) is 3. The predicted molar refractivity (Wildman–Crippen MR) is 340 cm³/mol. The van der Waals surface area contributed by atoms with Crippen LogP contribution in [0.25, 0.3) is 0 Å². The van der Waals surface area contributed by atoms with Crippen LogP contribution in [-0.4, -0.2) is 89.2 Å². The predicted octanol–water partition coefficient (Wildman–Crippen LogP) is 18.5. The lowest BCUT2D eigenvalue weighted by Crippen LogP contribution is -2.61. The standard InChI is InChI=1S/C71H122O12/c1-4-7-10-13-16-19-22-25-28-31-32-35-38-41-44-47-50-53-56-59-65(74)82-69-67(76)66(75)68(70(77)78)83-71(69)80-61-62(81-64(73)58-55-52-49-46-43-40-37-34-30-27-24-21-18-15-12-9-6-3)60-79-63(72)57-54-51-48-45-42-39-36-33-29-26-23-20-17-14-11-8-5-2/h8,11,17,20,26-27,29-30,36,39,45,48,62,66-69,71,75-76H,4-7,9-10,12-16,18-19,21-25,28,31-35,37-38,40-44,46-47,49-61H2,1-3H3,(H,77,78)/b11-8-,20-17-,29-26-,30-27-,39-36-,48-45-. The van der Waals surface area contributed by atoms with Crippen molar-refractivity contribution in [3.63, 3.8) is 0 Å². The van der Waals surface area contributed by atoms with Crippen molar-refractivity contribution in [3.8, 4) is 0 Å². The number of unbranched alkanes of at least 4 members (excludes halogenated alkanes) is 32. The minimum atomic E-state index is -1.91. The molecule has 6 atom stereocenters. The Balaban J connectivity index is 2.67. The number of allylic oxidation sites excluding steroid dienone is 12. The summed E-state index contributed by atoms with van der Waals surface area (Å²) >= 11 is 0. The first-order valence-electron chi connectivity index (χ1n) is 33.9. The molecule has 0 bridgehead atoms. The molecular weight excluding hydrogens is 1040 g/mol. The van der Waals surface area contributed by atoms with Crippen LogP contribution < -0.4 is 0 Å². The molecule has 0 radical (unpaired) electrons. The van der Waals surface area contributed by atoms with E-state index in [2.05, 4.69) is 87.6 Å². The van der Waals surface area contributed by atoms with Gasteiger partial charge in [0.15, 0.2) is 24.6 Å². The number of carboxylic acids is 1. The van der Waals surface area contributed by atoms with E-state index in [-0.39, 0.29) is 25.9 Å². The second-order valence-electron chi connectivity index (χ2n) is 23.1. The first-order chi connectivity index (χ1) is 40.6. The number of carbonyl (C=O) groups excluding carboxylic acids is 3. The van der Waals surface area contributed by atoms with Gasteiger partial charge in [0.25, 0.3) is 0 Å². The molecule has 0 aromatic rings. The maximum atomic E-state index is 13.2. The molecular formula is C71H122O12. The molecule has 1 rings (SSSR count). The van der Waals surface area contributed by atoms with Crippen LogP contribution in [0.2, 0.25) is 0 Å². The quantitative estimate of drug-likeness (QED) is 0.0228. The number of rotatable bonds is 58. The molecule has 12 heteroatoms. The topological polar surface area (TPSA) is 175 Å². The van der Waals surface area contributed by atoms with Gasteiger partial charge >= 0.3 is 23.9 Å². The van der Waals surface area contributed by atoms with Gasteiger partial charge in [-0.2, -0.15) is 0 Å². The zero-order chi connectivity index (χ0) is 60.3. The van der Waals surface area contributed by atoms with Gasteiger partial charge in [0.1, 0.15) is 18.8 Å². The normalized spacial score (nSPS) is 18.0. The molecule has 6 unspecified atom stereocenters. The third-order valence-corrected chi connectivity index (χ3v) is 15.3. The van der Waals surface area contributed by atoms with Crippen LogP contribution in [0.3, 0.4) is 0 Å². The zero-order valence-corrected chi connectivity index (χ0v) is 52.9. The molecule has 0 saturated carbocycles. The second kappa shape index (κ2) is 58.5. The van der Waals surface area contributed by atoms with Crippen molar-refractivity contribution >= 4 is 23.9 Å². The number of hydrogen-bond acceptors (Lipinski definition) is 11. The highest BCUT2D eigenvalue weighted by Crippen LogP contribution is 2.27. The van der Waals surface area contributed by atoms with Crippen LogP contribution in [0.1, 0.15) is 303 Å². The molecule has 0 aliphatic carbocycles. The van der Waals surface area contributed by atoms with E-state index < -0.39 is 67.3 Å². The Kier molecular flexibility index (Phi) is 54.4. The first-order valence-corrected chi connectivity index (χ1v) is 33.9. The number of esters is 3. The van der Waals surface area contributed by atoms with E-state index >= 15 is 0 Å². The molecule has 0 amide bonds.